The fourth-order valence-electron chi connectivity index (χ4n) is 2.65. The average molecular weight is 324 g/mol. The molecule has 0 saturated heterocycles. The van der Waals surface area contributed by atoms with Crippen LogP contribution in [0.1, 0.15) is 11.4 Å². The number of halogens is 1. The van der Waals surface area contributed by atoms with E-state index in [1.165, 1.54) is 0 Å². The molecule has 2 aromatic heterocycles. The molecule has 0 atom stereocenters. The van der Waals surface area contributed by atoms with Crippen LogP contribution >= 0.6 is 11.6 Å². The molecule has 2 N–H and O–H groups in total. The summed E-state index contributed by atoms with van der Waals surface area (Å²) in [5.74, 6) is 1.69. The lowest BCUT2D eigenvalue weighted by Crippen LogP contribution is -2.02. The van der Waals surface area contributed by atoms with E-state index in [0.29, 0.717) is 11.6 Å². The van der Waals surface area contributed by atoms with E-state index in [2.05, 4.69) is 37.4 Å². The van der Waals surface area contributed by atoms with E-state index in [0.717, 1.165) is 39.1 Å². The standard InChI is InChI=1S/C17H14ClN5/c1-10-22-15-4-2-11(6-16(15)23-10)8-19-17-13-7-12(18)3-5-14(13)20-9-21-17/h2-7,9H,8H2,1H3,(H,22,23)(H,19,20,21). The number of aromatic nitrogens is 4. The molecular weight excluding hydrogens is 310 g/mol. The molecular formula is C17H14ClN5. The Hall–Kier alpha value is -2.66. The molecule has 0 fully saturated rings. The number of anilines is 1. The highest BCUT2D eigenvalue weighted by molar-refractivity contribution is 6.31. The van der Waals surface area contributed by atoms with Gasteiger partial charge in [0.2, 0.25) is 0 Å². The van der Waals surface area contributed by atoms with E-state index in [-0.39, 0.29) is 0 Å². The van der Waals surface area contributed by atoms with Crippen molar-refractivity contribution in [3.05, 3.63) is 59.1 Å². The summed E-state index contributed by atoms with van der Waals surface area (Å²) in [6.07, 6.45) is 1.56. The van der Waals surface area contributed by atoms with Crippen LogP contribution in [0.3, 0.4) is 0 Å². The van der Waals surface area contributed by atoms with Crippen molar-refractivity contribution in [2.24, 2.45) is 0 Å². The Bertz CT molecular complexity index is 1010. The number of hydrogen-bond acceptors (Lipinski definition) is 4. The molecule has 0 aliphatic rings. The molecule has 0 spiro atoms. The number of nitrogens with one attached hydrogen (secondary N) is 2. The fourth-order valence-corrected chi connectivity index (χ4v) is 2.82. The molecule has 0 bridgehead atoms. The summed E-state index contributed by atoms with van der Waals surface area (Å²) in [6.45, 7) is 2.61. The van der Waals surface area contributed by atoms with Crippen LogP contribution in [0.15, 0.2) is 42.7 Å². The first-order valence-corrected chi connectivity index (χ1v) is 7.66. The molecule has 6 heteroatoms. The van der Waals surface area contributed by atoms with Crippen molar-refractivity contribution >= 4 is 39.4 Å². The Morgan fingerprint density at radius 1 is 1.09 bits per heavy atom. The van der Waals surface area contributed by atoms with Crippen molar-refractivity contribution in [3.8, 4) is 0 Å². The van der Waals surface area contributed by atoms with Crippen LogP contribution < -0.4 is 5.32 Å². The number of nitrogens with zero attached hydrogens (tertiary/aromatic N) is 3. The molecule has 2 heterocycles. The normalized spacial score (nSPS) is 11.2. The number of aryl methyl sites for hydroxylation is 1. The SMILES string of the molecule is Cc1nc2ccc(CNc3ncnc4ccc(Cl)cc34)cc2[nH]1. The second-order valence-corrected chi connectivity index (χ2v) is 5.85. The van der Waals surface area contributed by atoms with Crippen molar-refractivity contribution < 1.29 is 0 Å². The van der Waals surface area contributed by atoms with Crippen LogP contribution in [0.2, 0.25) is 5.02 Å². The summed E-state index contributed by atoms with van der Waals surface area (Å²) in [6, 6.07) is 11.8. The average Bonchev–Trinajstić information content (AvgIpc) is 2.92. The van der Waals surface area contributed by atoms with Gasteiger partial charge in [-0.1, -0.05) is 17.7 Å². The van der Waals surface area contributed by atoms with Crippen molar-refractivity contribution in [3.63, 3.8) is 0 Å². The van der Waals surface area contributed by atoms with Gasteiger partial charge in [-0.3, -0.25) is 0 Å². The maximum absolute atomic E-state index is 6.08. The van der Waals surface area contributed by atoms with E-state index in [9.17, 15) is 0 Å². The van der Waals surface area contributed by atoms with Gasteiger partial charge in [-0.2, -0.15) is 0 Å². The van der Waals surface area contributed by atoms with Gasteiger partial charge in [-0.25, -0.2) is 15.0 Å². The van der Waals surface area contributed by atoms with Crippen LogP contribution in [0, 0.1) is 6.92 Å². The third kappa shape index (κ3) is 2.71. The topological polar surface area (TPSA) is 66.5 Å². The van der Waals surface area contributed by atoms with E-state index in [4.69, 9.17) is 11.6 Å². The zero-order valence-electron chi connectivity index (χ0n) is 12.5. The van der Waals surface area contributed by atoms with Gasteiger partial charge in [0.25, 0.3) is 0 Å². The second-order valence-electron chi connectivity index (χ2n) is 5.41. The van der Waals surface area contributed by atoms with Crippen LogP contribution in [0.5, 0.6) is 0 Å². The minimum Gasteiger partial charge on any atom is -0.365 e. The zero-order valence-corrected chi connectivity index (χ0v) is 13.2. The van der Waals surface area contributed by atoms with Crippen molar-refractivity contribution in [1.82, 2.24) is 19.9 Å². The Balaban J connectivity index is 1.63. The number of imidazole rings is 1. The molecule has 0 aliphatic carbocycles. The first kappa shape index (κ1) is 14.0. The molecule has 0 radical (unpaired) electrons. The fraction of sp³-hybridized carbons (Fsp3) is 0.118. The summed E-state index contributed by atoms with van der Waals surface area (Å²) >= 11 is 6.08. The number of rotatable bonds is 3. The summed E-state index contributed by atoms with van der Waals surface area (Å²) in [7, 11) is 0. The maximum Gasteiger partial charge on any atom is 0.137 e. The van der Waals surface area contributed by atoms with Gasteiger partial charge in [-0.15, -0.1) is 0 Å². The first-order chi connectivity index (χ1) is 11.2. The van der Waals surface area contributed by atoms with Crippen molar-refractivity contribution in [2.75, 3.05) is 5.32 Å². The van der Waals surface area contributed by atoms with Gasteiger partial charge >= 0.3 is 0 Å². The Labute approximate surface area is 137 Å². The van der Waals surface area contributed by atoms with Crippen molar-refractivity contribution in [2.45, 2.75) is 13.5 Å². The molecule has 0 amide bonds. The Morgan fingerprint density at radius 3 is 2.87 bits per heavy atom. The molecule has 23 heavy (non-hydrogen) atoms. The number of aromatic amines is 1. The second kappa shape index (κ2) is 5.52. The van der Waals surface area contributed by atoms with Gasteiger partial charge in [0, 0.05) is 17.0 Å². The molecule has 0 aliphatic heterocycles. The molecule has 4 aromatic rings. The lowest BCUT2D eigenvalue weighted by molar-refractivity contribution is 1.10. The highest BCUT2D eigenvalue weighted by atomic mass is 35.5. The maximum atomic E-state index is 6.08. The highest BCUT2D eigenvalue weighted by Gasteiger charge is 2.05. The van der Waals surface area contributed by atoms with Gasteiger partial charge < -0.3 is 10.3 Å². The monoisotopic (exact) mass is 323 g/mol. The molecule has 5 nitrogen and oxygen atoms in total. The quantitative estimate of drug-likeness (QED) is 0.596. The number of hydrogen-bond donors (Lipinski definition) is 2. The van der Waals surface area contributed by atoms with Gasteiger partial charge in [0.05, 0.1) is 16.6 Å². The lowest BCUT2D eigenvalue weighted by atomic mass is 10.2. The molecule has 0 saturated carbocycles. The minimum absolute atomic E-state index is 0.659. The Morgan fingerprint density at radius 2 is 1.96 bits per heavy atom. The molecule has 2 aromatic carbocycles. The third-order valence-electron chi connectivity index (χ3n) is 3.72. The van der Waals surface area contributed by atoms with E-state index < -0.39 is 0 Å². The van der Waals surface area contributed by atoms with Gasteiger partial charge in [0.15, 0.2) is 0 Å². The molecule has 114 valence electrons. The number of benzene rings is 2. The number of H-pyrrole nitrogens is 1. The highest BCUT2D eigenvalue weighted by Crippen LogP contribution is 2.23. The summed E-state index contributed by atoms with van der Waals surface area (Å²) in [4.78, 5) is 16.3. The predicted octanol–water partition coefficient (Wildman–Crippen LogP) is 4.08. The number of fused-ring (bicyclic) bond motifs is 2. The first-order valence-electron chi connectivity index (χ1n) is 7.28. The van der Waals surface area contributed by atoms with Crippen LogP contribution in [-0.4, -0.2) is 19.9 Å². The van der Waals surface area contributed by atoms with E-state index in [1.807, 2.05) is 31.2 Å². The van der Waals surface area contributed by atoms with Gasteiger partial charge in [-0.05, 0) is 42.8 Å². The van der Waals surface area contributed by atoms with Crippen molar-refractivity contribution in [1.29, 1.82) is 0 Å². The van der Waals surface area contributed by atoms with E-state index >= 15 is 0 Å². The van der Waals surface area contributed by atoms with E-state index in [1.54, 1.807) is 6.33 Å². The molecule has 0 unspecified atom stereocenters. The summed E-state index contributed by atoms with van der Waals surface area (Å²) in [5, 5.41) is 4.94. The largest absolute Gasteiger partial charge is 0.365 e. The Kier molecular flexibility index (Phi) is 3.35. The smallest absolute Gasteiger partial charge is 0.137 e. The van der Waals surface area contributed by atoms with Crippen LogP contribution in [0.25, 0.3) is 21.9 Å². The predicted molar refractivity (Wildman–Crippen MR) is 92.7 cm³/mol. The summed E-state index contributed by atoms with van der Waals surface area (Å²) in [5.41, 5.74) is 4.03. The minimum atomic E-state index is 0.659. The molecule has 4 rings (SSSR count). The third-order valence-corrected chi connectivity index (χ3v) is 3.96. The lowest BCUT2D eigenvalue weighted by Gasteiger charge is -2.08. The van der Waals surface area contributed by atoms with Gasteiger partial charge in [0.1, 0.15) is 18.0 Å². The summed E-state index contributed by atoms with van der Waals surface area (Å²) < 4.78 is 0. The van der Waals surface area contributed by atoms with Crippen LogP contribution in [-0.2, 0) is 6.54 Å². The zero-order chi connectivity index (χ0) is 15.8. The van der Waals surface area contributed by atoms with Crippen LogP contribution in [0.4, 0.5) is 5.82 Å².